The van der Waals surface area contributed by atoms with Crippen LogP contribution < -0.4 is 5.73 Å². The first-order valence-corrected chi connectivity index (χ1v) is 6.01. The van der Waals surface area contributed by atoms with Crippen LogP contribution >= 0.6 is 0 Å². The molecule has 0 aliphatic heterocycles. The van der Waals surface area contributed by atoms with Crippen LogP contribution in [0.3, 0.4) is 0 Å². The van der Waals surface area contributed by atoms with Gasteiger partial charge in [0.1, 0.15) is 0 Å². The maximum atomic E-state index is 13.6. The Morgan fingerprint density at radius 3 is 2.37 bits per heavy atom. The summed E-state index contributed by atoms with van der Waals surface area (Å²) in [4.78, 5) is 0. The van der Waals surface area contributed by atoms with Crippen molar-refractivity contribution in [1.29, 1.82) is 0 Å². The molecule has 0 unspecified atom stereocenters. The molecule has 2 nitrogen and oxygen atoms in total. The van der Waals surface area contributed by atoms with E-state index < -0.39 is 23.8 Å². The van der Waals surface area contributed by atoms with E-state index in [1.54, 1.807) is 0 Å². The number of halogens is 2. The van der Waals surface area contributed by atoms with Crippen molar-refractivity contribution in [2.75, 3.05) is 0 Å². The van der Waals surface area contributed by atoms with Crippen LogP contribution in [0.5, 0.6) is 0 Å². The van der Waals surface area contributed by atoms with Gasteiger partial charge < -0.3 is 10.8 Å². The lowest BCUT2D eigenvalue weighted by Gasteiger charge is -2.20. The van der Waals surface area contributed by atoms with E-state index in [1.807, 2.05) is 30.3 Å². The molecule has 4 heteroatoms. The van der Waals surface area contributed by atoms with Gasteiger partial charge in [-0.1, -0.05) is 42.5 Å². The molecule has 100 valence electrons. The van der Waals surface area contributed by atoms with E-state index in [0.29, 0.717) is 0 Å². The Bertz CT molecular complexity index is 545. The highest BCUT2D eigenvalue weighted by Gasteiger charge is 2.21. The van der Waals surface area contributed by atoms with E-state index >= 15 is 0 Å². The van der Waals surface area contributed by atoms with E-state index in [4.69, 9.17) is 5.73 Å². The van der Waals surface area contributed by atoms with Crippen molar-refractivity contribution in [1.82, 2.24) is 0 Å². The lowest BCUT2D eigenvalue weighted by Crippen LogP contribution is -2.29. The average molecular weight is 263 g/mol. The van der Waals surface area contributed by atoms with Gasteiger partial charge in [0.2, 0.25) is 0 Å². The van der Waals surface area contributed by atoms with Crippen LogP contribution in [0.15, 0.2) is 48.5 Å². The molecule has 2 aromatic rings. The second-order valence-corrected chi connectivity index (χ2v) is 4.43. The largest absolute Gasteiger partial charge is 0.391 e. The Hall–Kier alpha value is -1.78. The van der Waals surface area contributed by atoms with Crippen molar-refractivity contribution in [3.63, 3.8) is 0 Å². The topological polar surface area (TPSA) is 46.2 Å². The normalized spacial score (nSPS) is 14.1. The van der Waals surface area contributed by atoms with Crippen LogP contribution in [0, 0.1) is 11.6 Å². The summed E-state index contributed by atoms with van der Waals surface area (Å²) in [6, 6.07) is 12.1. The zero-order valence-electron chi connectivity index (χ0n) is 10.3. The standard InChI is InChI=1S/C15H15F2NO/c16-12-8-4-7-11(14(12)17)15(18)13(19)9-10-5-2-1-3-6-10/h1-8,13,15,19H,9,18H2/t13-,15+/m1/s1. The molecule has 0 aliphatic carbocycles. The van der Waals surface area contributed by atoms with Gasteiger partial charge in [0.15, 0.2) is 11.6 Å². The number of benzene rings is 2. The maximum absolute atomic E-state index is 13.6. The van der Waals surface area contributed by atoms with Crippen molar-refractivity contribution in [2.24, 2.45) is 5.73 Å². The van der Waals surface area contributed by atoms with E-state index in [1.165, 1.54) is 12.1 Å². The van der Waals surface area contributed by atoms with E-state index in [2.05, 4.69) is 0 Å². The van der Waals surface area contributed by atoms with Crippen LogP contribution in [0.1, 0.15) is 17.2 Å². The summed E-state index contributed by atoms with van der Waals surface area (Å²) in [5.41, 5.74) is 6.68. The summed E-state index contributed by atoms with van der Waals surface area (Å²) >= 11 is 0. The van der Waals surface area contributed by atoms with Crippen LogP contribution in [-0.2, 0) is 6.42 Å². The molecule has 0 fully saturated rings. The third-order valence-electron chi connectivity index (χ3n) is 3.04. The molecule has 0 aromatic heterocycles. The molecule has 0 saturated heterocycles. The van der Waals surface area contributed by atoms with Crippen molar-refractivity contribution in [3.05, 3.63) is 71.3 Å². The predicted molar refractivity (Wildman–Crippen MR) is 69.4 cm³/mol. The summed E-state index contributed by atoms with van der Waals surface area (Å²) in [6.07, 6.45) is -0.684. The Morgan fingerprint density at radius 2 is 1.68 bits per heavy atom. The van der Waals surface area contributed by atoms with Gasteiger partial charge in [-0.15, -0.1) is 0 Å². The summed E-state index contributed by atoms with van der Waals surface area (Å²) in [6.45, 7) is 0. The summed E-state index contributed by atoms with van der Waals surface area (Å²) in [5.74, 6) is -1.96. The third kappa shape index (κ3) is 3.16. The number of hydrogen-bond donors (Lipinski definition) is 2. The van der Waals surface area contributed by atoms with E-state index in [0.717, 1.165) is 11.6 Å². The zero-order chi connectivity index (χ0) is 13.8. The highest BCUT2D eigenvalue weighted by atomic mass is 19.2. The zero-order valence-corrected chi connectivity index (χ0v) is 10.3. The van der Waals surface area contributed by atoms with Crippen molar-refractivity contribution in [3.8, 4) is 0 Å². The molecule has 2 rings (SSSR count). The van der Waals surface area contributed by atoms with Gasteiger partial charge in [-0.25, -0.2) is 8.78 Å². The monoisotopic (exact) mass is 263 g/mol. The molecule has 3 N–H and O–H groups in total. The lowest BCUT2D eigenvalue weighted by atomic mass is 9.96. The molecule has 0 saturated carbocycles. The molecule has 0 amide bonds. The average Bonchev–Trinajstić information content (AvgIpc) is 2.42. The highest BCUT2D eigenvalue weighted by molar-refractivity contribution is 5.24. The summed E-state index contributed by atoms with van der Waals surface area (Å²) < 4.78 is 26.7. The molecule has 2 aromatic carbocycles. The second kappa shape index (κ2) is 5.91. The third-order valence-corrected chi connectivity index (χ3v) is 3.04. The lowest BCUT2D eigenvalue weighted by molar-refractivity contribution is 0.143. The molecule has 0 aliphatic rings. The number of hydrogen-bond acceptors (Lipinski definition) is 2. The molecule has 19 heavy (non-hydrogen) atoms. The number of aliphatic hydroxyl groups is 1. The van der Waals surface area contributed by atoms with E-state index in [9.17, 15) is 13.9 Å². The Morgan fingerprint density at radius 1 is 1.00 bits per heavy atom. The van der Waals surface area contributed by atoms with Gasteiger partial charge in [-0.2, -0.15) is 0 Å². The van der Waals surface area contributed by atoms with Crippen molar-refractivity contribution < 1.29 is 13.9 Å². The van der Waals surface area contributed by atoms with Crippen LogP contribution in [0.25, 0.3) is 0 Å². The van der Waals surface area contributed by atoms with Crippen molar-refractivity contribution in [2.45, 2.75) is 18.6 Å². The quantitative estimate of drug-likeness (QED) is 0.890. The van der Waals surface area contributed by atoms with E-state index in [-0.39, 0.29) is 12.0 Å². The molecule has 2 atom stereocenters. The first-order chi connectivity index (χ1) is 9.09. The number of rotatable bonds is 4. The number of nitrogens with two attached hydrogens (primary N) is 1. The predicted octanol–water partition coefficient (Wildman–Crippen LogP) is 2.57. The molecule has 0 spiro atoms. The van der Waals surface area contributed by atoms with Gasteiger partial charge in [0.05, 0.1) is 12.1 Å². The smallest absolute Gasteiger partial charge is 0.163 e. The maximum Gasteiger partial charge on any atom is 0.163 e. The van der Waals surface area contributed by atoms with Gasteiger partial charge in [0.25, 0.3) is 0 Å². The second-order valence-electron chi connectivity index (χ2n) is 4.43. The highest BCUT2D eigenvalue weighted by Crippen LogP contribution is 2.22. The number of aliphatic hydroxyl groups excluding tert-OH is 1. The van der Waals surface area contributed by atoms with Crippen LogP contribution in [-0.4, -0.2) is 11.2 Å². The van der Waals surface area contributed by atoms with Gasteiger partial charge >= 0.3 is 0 Å². The Kier molecular flexibility index (Phi) is 4.24. The van der Waals surface area contributed by atoms with Crippen molar-refractivity contribution >= 4 is 0 Å². The minimum atomic E-state index is -0.998. The minimum absolute atomic E-state index is 0.0107. The fourth-order valence-electron chi connectivity index (χ4n) is 1.97. The van der Waals surface area contributed by atoms with Gasteiger partial charge in [-0.3, -0.25) is 0 Å². The molecule has 0 bridgehead atoms. The summed E-state index contributed by atoms with van der Waals surface area (Å²) in [5, 5.41) is 10.0. The van der Waals surface area contributed by atoms with Crippen LogP contribution in [0.4, 0.5) is 8.78 Å². The molecule has 0 radical (unpaired) electrons. The van der Waals surface area contributed by atoms with Gasteiger partial charge in [0, 0.05) is 12.0 Å². The van der Waals surface area contributed by atoms with Gasteiger partial charge in [-0.05, 0) is 11.6 Å². The first kappa shape index (κ1) is 13.6. The Balaban J connectivity index is 2.15. The molecular weight excluding hydrogens is 248 g/mol. The van der Waals surface area contributed by atoms with Crippen LogP contribution in [0.2, 0.25) is 0 Å². The fraction of sp³-hybridized carbons (Fsp3) is 0.200. The molecular formula is C15H15F2NO. The fourth-order valence-corrected chi connectivity index (χ4v) is 1.97. The minimum Gasteiger partial charge on any atom is -0.391 e. The SMILES string of the molecule is N[C@@H](c1cccc(F)c1F)[C@H](O)Cc1ccccc1. The summed E-state index contributed by atoms with van der Waals surface area (Å²) in [7, 11) is 0. The Labute approximate surface area is 110 Å². The molecule has 0 heterocycles. The first-order valence-electron chi connectivity index (χ1n) is 6.01.